The molecule has 0 saturated carbocycles. The number of hydrogen-bond donors (Lipinski definition) is 2. The summed E-state index contributed by atoms with van der Waals surface area (Å²) >= 11 is 0. The Bertz CT molecular complexity index is 630. The van der Waals surface area contributed by atoms with Gasteiger partial charge >= 0.3 is 0 Å². The van der Waals surface area contributed by atoms with Gasteiger partial charge in [-0.2, -0.15) is 0 Å². The van der Waals surface area contributed by atoms with Gasteiger partial charge in [0.05, 0.1) is 5.54 Å². The van der Waals surface area contributed by atoms with Crippen molar-refractivity contribution >= 4 is 18.3 Å². The number of ether oxygens (including phenoxy) is 3. The fourth-order valence-corrected chi connectivity index (χ4v) is 3.64. The van der Waals surface area contributed by atoms with E-state index in [0.29, 0.717) is 26.2 Å². The molecule has 1 aromatic carbocycles. The van der Waals surface area contributed by atoms with Gasteiger partial charge in [-0.25, -0.2) is 0 Å². The Balaban J connectivity index is 0.00000243. The molecule has 3 N–H and O–H groups in total. The van der Waals surface area contributed by atoms with Crippen LogP contribution in [0, 0.1) is 0 Å². The summed E-state index contributed by atoms with van der Waals surface area (Å²) in [7, 11) is 0. The number of carbonyl (C=O) groups is 1. The number of fused-ring (bicyclic) bond motifs is 1. The highest BCUT2D eigenvalue weighted by atomic mass is 35.5. The zero-order valence-electron chi connectivity index (χ0n) is 15.5. The fourth-order valence-electron chi connectivity index (χ4n) is 3.64. The standard InChI is InChI=1S/C19H28N2O4.ClH/c1-3-6-18(2,20)17(22)21-12-19(7-9-23-10-8-19)14-4-5-15-16(11-14)25-13-24-15;/h4-5,11H,3,6-10,12-13,20H2,1-2H3,(H,21,22);1H. The minimum atomic E-state index is -0.837. The number of nitrogens with two attached hydrogens (primary N) is 1. The van der Waals surface area contributed by atoms with Crippen LogP contribution in [-0.4, -0.2) is 38.0 Å². The first kappa shape index (κ1) is 20.8. The van der Waals surface area contributed by atoms with Crippen LogP contribution in [0.25, 0.3) is 0 Å². The van der Waals surface area contributed by atoms with Crippen LogP contribution >= 0.6 is 12.4 Å². The molecule has 7 heteroatoms. The van der Waals surface area contributed by atoms with Crippen LogP contribution in [0.15, 0.2) is 18.2 Å². The van der Waals surface area contributed by atoms with Crippen LogP contribution in [0.4, 0.5) is 0 Å². The maximum atomic E-state index is 12.5. The van der Waals surface area contributed by atoms with E-state index in [1.165, 1.54) is 0 Å². The van der Waals surface area contributed by atoms with E-state index in [2.05, 4.69) is 11.4 Å². The van der Waals surface area contributed by atoms with Crippen molar-refractivity contribution in [2.75, 3.05) is 26.6 Å². The van der Waals surface area contributed by atoms with Gasteiger partial charge in [0.1, 0.15) is 0 Å². The molecule has 0 bridgehead atoms. The van der Waals surface area contributed by atoms with Gasteiger partial charge in [-0.1, -0.05) is 19.4 Å². The topological polar surface area (TPSA) is 82.8 Å². The molecule has 6 nitrogen and oxygen atoms in total. The Morgan fingerprint density at radius 3 is 2.65 bits per heavy atom. The molecule has 1 unspecified atom stereocenters. The lowest BCUT2D eigenvalue weighted by molar-refractivity contribution is -0.126. The molecule has 3 rings (SSSR count). The lowest BCUT2D eigenvalue weighted by Gasteiger charge is -2.38. The second kappa shape index (κ2) is 8.46. The zero-order chi connectivity index (χ0) is 17.9. The highest BCUT2D eigenvalue weighted by Crippen LogP contribution is 2.40. The molecule has 0 aliphatic carbocycles. The fraction of sp³-hybridized carbons (Fsp3) is 0.632. The maximum Gasteiger partial charge on any atom is 0.239 e. The van der Waals surface area contributed by atoms with Crippen LogP contribution in [-0.2, 0) is 14.9 Å². The maximum absolute atomic E-state index is 12.5. The van der Waals surface area contributed by atoms with E-state index < -0.39 is 5.54 Å². The Morgan fingerprint density at radius 2 is 1.96 bits per heavy atom. The summed E-state index contributed by atoms with van der Waals surface area (Å²) in [6, 6.07) is 6.05. The summed E-state index contributed by atoms with van der Waals surface area (Å²) in [6.45, 7) is 5.99. The molecule has 0 radical (unpaired) electrons. The normalized spacial score (nSPS) is 20.0. The van der Waals surface area contributed by atoms with Gasteiger partial charge in [0.25, 0.3) is 0 Å². The third-order valence-electron chi connectivity index (χ3n) is 5.31. The monoisotopic (exact) mass is 384 g/mol. The first-order valence-corrected chi connectivity index (χ1v) is 9.02. The van der Waals surface area contributed by atoms with Gasteiger partial charge in [-0.05, 0) is 43.9 Å². The van der Waals surface area contributed by atoms with E-state index in [1.54, 1.807) is 6.92 Å². The SMILES string of the molecule is CCCC(C)(N)C(=O)NCC1(c2ccc3c(c2)OCO3)CCOCC1.Cl. The van der Waals surface area contributed by atoms with Gasteiger partial charge in [0.2, 0.25) is 12.7 Å². The molecule has 1 atom stereocenters. The number of amides is 1. The molecular weight excluding hydrogens is 356 g/mol. The molecule has 1 amide bonds. The van der Waals surface area contributed by atoms with E-state index in [1.807, 2.05) is 19.1 Å². The van der Waals surface area contributed by atoms with Crippen LogP contribution in [0.5, 0.6) is 11.5 Å². The van der Waals surface area contributed by atoms with Crippen LogP contribution in [0.3, 0.4) is 0 Å². The largest absolute Gasteiger partial charge is 0.454 e. The molecule has 0 spiro atoms. The van der Waals surface area contributed by atoms with Crippen molar-refractivity contribution in [1.82, 2.24) is 5.32 Å². The second-order valence-electron chi connectivity index (χ2n) is 7.31. The summed E-state index contributed by atoms with van der Waals surface area (Å²) in [6.07, 6.45) is 3.24. The molecule has 1 saturated heterocycles. The molecule has 2 aliphatic rings. The molecule has 1 aromatic rings. The lowest BCUT2D eigenvalue weighted by Crippen LogP contribution is -2.55. The summed E-state index contributed by atoms with van der Waals surface area (Å²) < 4.78 is 16.5. The van der Waals surface area contributed by atoms with Crippen molar-refractivity contribution < 1.29 is 19.0 Å². The molecule has 2 heterocycles. The average Bonchev–Trinajstić information content (AvgIpc) is 3.08. The summed E-state index contributed by atoms with van der Waals surface area (Å²) in [5.41, 5.74) is 6.31. The molecule has 2 aliphatic heterocycles. The molecule has 146 valence electrons. The first-order valence-electron chi connectivity index (χ1n) is 9.02. The van der Waals surface area contributed by atoms with Crippen molar-refractivity contribution in [3.63, 3.8) is 0 Å². The number of rotatable bonds is 6. The smallest absolute Gasteiger partial charge is 0.239 e. The number of hydrogen-bond acceptors (Lipinski definition) is 5. The van der Waals surface area contributed by atoms with Crippen molar-refractivity contribution in [2.24, 2.45) is 5.73 Å². The Hall–Kier alpha value is -1.50. The van der Waals surface area contributed by atoms with Crippen molar-refractivity contribution in [3.8, 4) is 11.5 Å². The quantitative estimate of drug-likeness (QED) is 0.787. The second-order valence-corrected chi connectivity index (χ2v) is 7.31. The molecule has 1 fully saturated rings. The average molecular weight is 385 g/mol. The third kappa shape index (κ3) is 4.24. The number of halogens is 1. The first-order chi connectivity index (χ1) is 12.0. The van der Waals surface area contributed by atoms with Gasteiger partial charge in [0, 0.05) is 25.2 Å². The molecule has 26 heavy (non-hydrogen) atoms. The highest BCUT2D eigenvalue weighted by Gasteiger charge is 2.37. The predicted octanol–water partition coefficient (Wildman–Crippen LogP) is 2.52. The minimum Gasteiger partial charge on any atom is -0.454 e. The van der Waals surface area contributed by atoms with Gasteiger partial charge in [0.15, 0.2) is 11.5 Å². The number of benzene rings is 1. The van der Waals surface area contributed by atoms with E-state index in [9.17, 15) is 4.79 Å². The van der Waals surface area contributed by atoms with Crippen LogP contribution < -0.4 is 20.5 Å². The van der Waals surface area contributed by atoms with Crippen molar-refractivity contribution in [2.45, 2.75) is 50.5 Å². The van der Waals surface area contributed by atoms with Gasteiger partial charge < -0.3 is 25.3 Å². The summed E-state index contributed by atoms with van der Waals surface area (Å²) in [5, 5.41) is 3.09. The summed E-state index contributed by atoms with van der Waals surface area (Å²) in [4.78, 5) is 12.5. The Morgan fingerprint density at radius 1 is 1.27 bits per heavy atom. The molecular formula is C19H29ClN2O4. The number of nitrogens with one attached hydrogen (secondary N) is 1. The summed E-state index contributed by atoms with van der Waals surface area (Å²) in [5.74, 6) is 1.44. The van der Waals surface area contributed by atoms with E-state index in [-0.39, 0.29) is 30.5 Å². The van der Waals surface area contributed by atoms with Gasteiger partial charge in [-0.15, -0.1) is 12.4 Å². The number of carbonyl (C=O) groups excluding carboxylic acids is 1. The third-order valence-corrected chi connectivity index (χ3v) is 5.31. The van der Waals surface area contributed by atoms with Crippen molar-refractivity contribution in [3.05, 3.63) is 23.8 Å². The van der Waals surface area contributed by atoms with Crippen LogP contribution in [0.1, 0.15) is 45.1 Å². The predicted molar refractivity (Wildman–Crippen MR) is 102 cm³/mol. The minimum absolute atomic E-state index is 0. The Kier molecular flexibility index (Phi) is 6.77. The Labute approximate surface area is 161 Å². The molecule has 0 aromatic heterocycles. The zero-order valence-corrected chi connectivity index (χ0v) is 16.3. The van der Waals surface area contributed by atoms with Crippen LogP contribution in [0.2, 0.25) is 0 Å². The van der Waals surface area contributed by atoms with E-state index in [0.717, 1.165) is 36.3 Å². The lowest BCUT2D eigenvalue weighted by atomic mass is 9.74. The van der Waals surface area contributed by atoms with Crippen molar-refractivity contribution in [1.29, 1.82) is 0 Å². The highest BCUT2D eigenvalue weighted by molar-refractivity contribution is 5.85. The van der Waals surface area contributed by atoms with Gasteiger partial charge in [-0.3, -0.25) is 4.79 Å². The van der Waals surface area contributed by atoms with E-state index >= 15 is 0 Å². The van der Waals surface area contributed by atoms with E-state index in [4.69, 9.17) is 19.9 Å².